The molecule has 6 rings (SSSR count). The van der Waals surface area contributed by atoms with Crippen LogP contribution < -0.4 is 5.32 Å². The van der Waals surface area contributed by atoms with Gasteiger partial charge in [-0.3, -0.25) is 9.78 Å². The lowest BCUT2D eigenvalue weighted by atomic mass is 10.0. The molecular formula is C25H27N5O3. The first kappa shape index (κ1) is 20.5. The van der Waals surface area contributed by atoms with Gasteiger partial charge in [-0.1, -0.05) is 36.4 Å². The first-order valence-corrected chi connectivity index (χ1v) is 11.7. The Kier molecular flexibility index (Phi) is 5.19. The monoisotopic (exact) mass is 445 g/mol. The number of rotatable bonds is 6. The summed E-state index contributed by atoms with van der Waals surface area (Å²) in [5.41, 5.74) is 2.54. The van der Waals surface area contributed by atoms with Crippen molar-refractivity contribution in [1.82, 2.24) is 25.4 Å². The second-order valence-corrected chi connectivity index (χ2v) is 9.50. The van der Waals surface area contributed by atoms with Crippen molar-refractivity contribution < 1.29 is 14.3 Å². The zero-order valence-electron chi connectivity index (χ0n) is 18.2. The molecule has 0 spiro atoms. The summed E-state index contributed by atoms with van der Waals surface area (Å²) in [6.45, 7) is 1.44. The zero-order valence-corrected chi connectivity index (χ0v) is 18.2. The maximum absolute atomic E-state index is 12.9. The Balaban J connectivity index is 1.02. The predicted molar refractivity (Wildman–Crippen MR) is 119 cm³/mol. The molecule has 1 aromatic carbocycles. The average molecular weight is 446 g/mol. The van der Waals surface area contributed by atoms with E-state index in [9.17, 15) is 9.90 Å². The third-order valence-electron chi connectivity index (χ3n) is 7.47. The van der Waals surface area contributed by atoms with E-state index in [1.54, 1.807) is 0 Å². The summed E-state index contributed by atoms with van der Waals surface area (Å²) in [5.74, 6) is 1.82. The average Bonchev–Trinajstić information content (AvgIpc) is 3.38. The zero-order chi connectivity index (χ0) is 22.4. The van der Waals surface area contributed by atoms with E-state index in [1.165, 1.54) is 6.39 Å². The lowest BCUT2D eigenvalue weighted by molar-refractivity contribution is 0.0765. The van der Waals surface area contributed by atoms with Crippen molar-refractivity contribution in [3.63, 3.8) is 0 Å². The minimum absolute atomic E-state index is 0.0110. The Morgan fingerprint density at radius 3 is 2.67 bits per heavy atom. The first-order valence-electron chi connectivity index (χ1n) is 11.7. The van der Waals surface area contributed by atoms with Crippen molar-refractivity contribution in [3.8, 4) is 0 Å². The topological polar surface area (TPSA) is 104 Å². The van der Waals surface area contributed by atoms with Gasteiger partial charge in [0.05, 0.1) is 6.10 Å². The van der Waals surface area contributed by atoms with Crippen LogP contribution in [0.3, 0.4) is 0 Å². The molecule has 0 bridgehead atoms. The molecule has 2 aromatic heterocycles. The minimum Gasteiger partial charge on any atom is -0.428 e. The highest BCUT2D eigenvalue weighted by atomic mass is 16.4. The molecule has 2 saturated heterocycles. The number of carbonyl (C=O) groups is 1. The first-order chi connectivity index (χ1) is 16.2. The van der Waals surface area contributed by atoms with E-state index in [0.717, 1.165) is 43.5 Å². The summed E-state index contributed by atoms with van der Waals surface area (Å²) in [7, 11) is 0. The van der Waals surface area contributed by atoms with Crippen LogP contribution in [0, 0.1) is 11.8 Å². The quantitative estimate of drug-likeness (QED) is 0.600. The van der Waals surface area contributed by atoms with Crippen LogP contribution in [0.2, 0.25) is 0 Å². The summed E-state index contributed by atoms with van der Waals surface area (Å²) in [6, 6.07) is 14.0. The van der Waals surface area contributed by atoms with E-state index >= 15 is 0 Å². The Morgan fingerprint density at radius 1 is 1.15 bits per heavy atom. The smallest absolute Gasteiger partial charge is 0.272 e. The fourth-order valence-electron chi connectivity index (χ4n) is 5.65. The summed E-state index contributed by atoms with van der Waals surface area (Å²) >= 11 is 0. The third-order valence-corrected chi connectivity index (χ3v) is 7.47. The van der Waals surface area contributed by atoms with Crippen molar-refractivity contribution >= 4 is 5.91 Å². The number of pyridine rings is 1. The molecule has 5 atom stereocenters. The molecule has 2 unspecified atom stereocenters. The number of piperidine rings is 1. The van der Waals surface area contributed by atoms with E-state index in [-0.39, 0.29) is 11.9 Å². The molecule has 2 N–H and O–H groups in total. The van der Waals surface area contributed by atoms with Gasteiger partial charge in [0.25, 0.3) is 5.91 Å². The van der Waals surface area contributed by atoms with Gasteiger partial charge in [0, 0.05) is 37.3 Å². The van der Waals surface area contributed by atoms with E-state index in [4.69, 9.17) is 4.42 Å². The molecule has 2 aliphatic heterocycles. The highest BCUT2D eigenvalue weighted by Crippen LogP contribution is 2.57. The van der Waals surface area contributed by atoms with Crippen LogP contribution in [0.4, 0.5) is 0 Å². The summed E-state index contributed by atoms with van der Waals surface area (Å²) < 4.78 is 5.33. The van der Waals surface area contributed by atoms with Gasteiger partial charge in [0.2, 0.25) is 12.3 Å². The summed E-state index contributed by atoms with van der Waals surface area (Å²) in [4.78, 5) is 19.2. The van der Waals surface area contributed by atoms with E-state index in [2.05, 4.69) is 20.5 Å². The fourth-order valence-corrected chi connectivity index (χ4v) is 5.65. The van der Waals surface area contributed by atoms with Crippen molar-refractivity contribution in [3.05, 3.63) is 77.8 Å². The Morgan fingerprint density at radius 2 is 1.97 bits per heavy atom. The Labute approximate surface area is 192 Å². The molecule has 4 heterocycles. The molecule has 1 amide bonds. The van der Waals surface area contributed by atoms with Crippen molar-refractivity contribution in [2.75, 3.05) is 13.1 Å². The van der Waals surface area contributed by atoms with Gasteiger partial charge in [0.15, 0.2) is 0 Å². The molecule has 8 heteroatoms. The number of hydrogen-bond donors (Lipinski definition) is 2. The number of aromatic nitrogens is 3. The Bertz CT molecular complexity index is 1090. The summed E-state index contributed by atoms with van der Waals surface area (Å²) in [5, 5.41) is 22.0. The number of benzene rings is 1. The van der Waals surface area contributed by atoms with E-state index in [1.807, 2.05) is 53.6 Å². The fraction of sp³-hybridized carbons (Fsp3) is 0.440. The summed E-state index contributed by atoms with van der Waals surface area (Å²) in [6.07, 6.45) is 5.46. The molecule has 170 valence electrons. The van der Waals surface area contributed by atoms with Gasteiger partial charge < -0.3 is 19.7 Å². The number of nitrogens with zero attached hydrogens (tertiary/aromatic N) is 4. The number of aliphatic hydroxyl groups excluding tert-OH is 1. The number of hydrogen-bond acceptors (Lipinski definition) is 7. The Hall–Kier alpha value is -3.10. The lowest BCUT2D eigenvalue weighted by Gasteiger charge is -2.21. The SMILES string of the molecule is O=C(c1ccc(C[C@@H]2CC[C@H]([C@H](O)c3ccccc3)N2)cn1)N1CC2C(C1)C2c1nnco1. The van der Waals surface area contributed by atoms with Gasteiger partial charge in [-0.25, -0.2) is 0 Å². The minimum atomic E-state index is -0.500. The molecule has 3 aliphatic rings. The number of likely N-dealkylation sites (tertiary alicyclic amines) is 1. The van der Waals surface area contributed by atoms with Crippen molar-refractivity contribution in [1.29, 1.82) is 0 Å². The second-order valence-electron chi connectivity index (χ2n) is 9.50. The normalized spacial score (nSPS) is 29.1. The van der Waals surface area contributed by atoms with Gasteiger partial charge in [-0.15, -0.1) is 10.2 Å². The van der Waals surface area contributed by atoms with Crippen LogP contribution in [0.15, 0.2) is 59.5 Å². The number of nitrogens with one attached hydrogen (secondary N) is 1. The standard InChI is InChI=1S/C25H27N5O3/c31-23(16-4-2-1-3-5-16)20-9-7-17(28-20)10-15-6-8-21(26-11-15)25(32)30-12-18-19(13-30)22(18)24-29-27-14-33-24/h1-6,8,11,14,17-20,22-23,28,31H,7,9-10,12-13H2/t17-,18?,19?,20+,22?,23+/m0/s1. The lowest BCUT2D eigenvalue weighted by Crippen LogP contribution is -2.35. The van der Waals surface area contributed by atoms with E-state index < -0.39 is 6.10 Å². The van der Waals surface area contributed by atoms with Crippen LogP contribution in [0.5, 0.6) is 0 Å². The van der Waals surface area contributed by atoms with Gasteiger partial charge in [-0.05, 0) is 48.3 Å². The molecule has 1 saturated carbocycles. The second kappa shape index (κ2) is 8.35. The molecule has 3 fully saturated rings. The maximum atomic E-state index is 12.9. The molecular weight excluding hydrogens is 418 g/mol. The van der Waals surface area contributed by atoms with Gasteiger partial charge in [0.1, 0.15) is 5.69 Å². The largest absolute Gasteiger partial charge is 0.428 e. The van der Waals surface area contributed by atoms with Crippen molar-refractivity contribution in [2.24, 2.45) is 11.8 Å². The van der Waals surface area contributed by atoms with Crippen LogP contribution in [-0.4, -0.2) is 56.3 Å². The number of carbonyl (C=O) groups excluding carboxylic acids is 1. The van der Waals surface area contributed by atoms with Crippen LogP contribution in [0.25, 0.3) is 0 Å². The van der Waals surface area contributed by atoms with Crippen LogP contribution in [-0.2, 0) is 6.42 Å². The maximum Gasteiger partial charge on any atom is 0.272 e. The molecule has 8 nitrogen and oxygen atoms in total. The van der Waals surface area contributed by atoms with Crippen LogP contribution >= 0.6 is 0 Å². The van der Waals surface area contributed by atoms with Crippen molar-refractivity contribution in [2.45, 2.75) is 43.4 Å². The number of aliphatic hydroxyl groups is 1. The molecule has 3 aromatic rings. The number of fused-ring (bicyclic) bond motifs is 1. The van der Waals surface area contributed by atoms with Gasteiger partial charge in [-0.2, -0.15) is 0 Å². The predicted octanol–water partition coefficient (Wildman–Crippen LogP) is 2.35. The highest BCUT2D eigenvalue weighted by molar-refractivity contribution is 5.92. The van der Waals surface area contributed by atoms with Gasteiger partial charge >= 0.3 is 0 Å². The third kappa shape index (κ3) is 3.94. The van der Waals surface area contributed by atoms with Crippen LogP contribution in [0.1, 0.15) is 52.4 Å². The molecule has 1 aliphatic carbocycles. The van der Waals surface area contributed by atoms with E-state index in [0.29, 0.717) is 35.4 Å². The molecule has 33 heavy (non-hydrogen) atoms. The highest BCUT2D eigenvalue weighted by Gasteiger charge is 2.59. The molecule has 0 radical (unpaired) electrons. The number of amides is 1.